The molecular formula is C21H41N3O3. The summed E-state index contributed by atoms with van der Waals surface area (Å²) >= 11 is 0. The van der Waals surface area contributed by atoms with Crippen LogP contribution in [0.2, 0.25) is 0 Å². The topological polar surface area (TPSA) is 75.9 Å². The normalized spacial score (nSPS) is 15.7. The van der Waals surface area contributed by atoms with Crippen molar-refractivity contribution in [3.63, 3.8) is 0 Å². The summed E-state index contributed by atoms with van der Waals surface area (Å²) < 4.78 is 4.63. The Kier molecular flexibility index (Phi) is 13.2. The Labute approximate surface area is 165 Å². The van der Waals surface area contributed by atoms with Crippen LogP contribution < -0.4 is 5.73 Å². The average molecular weight is 384 g/mol. The molecule has 1 amide bonds. The van der Waals surface area contributed by atoms with Gasteiger partial charge in [-0.1, -0.05) is 25.7 Å². The van der Waals surface area contributed by atoms with E-state index in [-0.39, 0.29) is 11.9 Å². The van der Waals surface area contributed by atoms with Gasteiger partial charge in [0.1, 0.15) is 0 Å². The Morgan fingerprint density at radius 3 is 2.26 bits per heavy atom. The number of unbranched alkanes of at least 4 members (excludes halogenated alkanes) is 6. The predicted octanol–water partition coefficient (Wildman–Crippen LogP) is 2.94. The van der Waals surface area contributed by atoms with Crippen molar-refractivity contribution in [1.82, 2.24) is 9.80 Å². The summed E-state index contributed by atoms with van der Waals surface area (Å²) in [4.78, 5) is 27.6. The molecule has 0 aromatic heterocycles. The van der Waals surface area contributed by atoms with E-state index in [0.29, 0.717) is 18.9 Å². The van der Waals surface area contributed by atoms with E-state index < -0.39 is 0 Å². The van der Waals surface area contributed by atoms with Gasteiger partial charge < -0.3 is 20.3 Å². The molecule has 0 aliphatic carbocycles. The fourth-order valence-electron chi connectivity index (χ4n) is 3.53. The Balaban J connectivity index is 1.91. The summed E-state index contributed by atoms with van der Waals surface area (Å²) in [6.45, 7) is 4.24. The van der Waals surface area contributed by atoms with Gasteiger partial charge in [-0.15, -0.1) is 0 Å². The molecule has 1 rings (SSSR count). The minimum Gasteiger partial charge on any atom is -0.469 e. The first-order valence-corrected chi connectivity index (χ1v) is 10.8. The van der Waals surface area contributed by atoms with Gasteiger partial charge in [-0.3, -0.25) is 9.59 Å². The maximum absolute atomic E-state index is 12.2. The lowest BCUT2D eigenvalue weighted by Gasteiger charge is -2.29. The highest BCUT2D eigenvalue weighted by atomic mass is 16.5. The van der Waals surface area contributed by atoms with E-state index in [1.54, 1.807) is 0 Å². The first-order valence-electron chi connectivity index (χ1n) is 10.8. The highest BCUT2D eigenvalue weighted by Gasteiger charge is 2.15. The van der Waals surface area contributed by atoms with Crippen molar-refractivity contribution in [2.45, 2.75) is 83.1 Å². The van der Waals surface area contributed by atoms with Gasteiger partial charge in [0.15, 0.2) is 0 Å². The summed E-state index contributed by atoms with van der Waals surface area (Å²) in [6.07, 6.45) is 11.9. The van der Waals surface area contributed by atoms with Gasteiger partial charge in [0, 0.05) is 32.5 Å². The van der Waals surface area contributed by atoms with Crippen molar-refractivity contribution in [3.8, 4) is 0 Å². The van der Waals surface area contributed by atoms with E-state index in [9.17, 15) is 9.59 Å². The van der Waals surface area contributed by atoms with E-state index in [2.05, 4.69) is 9.64 Å². The molecule has 1 heterocycles. The molecule has 0 atom stereocenters. The lowest BCUT2D eigenvalue weighted by molar-refractivity contribution is -0.140. The number of likely N-dealkylation sites (tertiary alicyclic amines) is 1. The number of methoxy groups -OCH3 is 1. The number of hydrogen-bond acceptors (Lipinski definition) is 5. The molecule has 2 N–H and O–H groups in total. The number of carbonyl (C=O) groups excluding carboxylic acids is 2. The van der Waals surface area contributed by atoms with Crippen molar-refractivity contribution in [2.24, 2.45) is 5.73 Å². The third-order valence-electron chi connectivity index (χ3n) is 5.53. The minimum atomic E-state index is -0.125. The van der Waals surface area contributed by atoms with Crippen LogP contribution >= 0.6 is 0 Å². The number of nitrogens with zero attached hydrogens (tertiary/aromatic N) is 2. The van der Waals surface area contributed by atoms with Crippen LogP contribution in [0.5, 0.6) is 0 Å². The molecule has 27 heavy (non-hydrogen) atoms. The molecule has 0 spiro atoms. The molecular weight excluding hydrogens is 342 g/mol. The van der Waals surface area contributed by atoms with E-state index in [1.807, 2.05) is 11.9 Å². The van der Waals surface area contributed by atoms with Crippen LogP contribution in [0.1, 0.15) is 77.0 Å². The molecule has 1 saturated heterocycles. The van der Waals surface area contributed by atoms with Gasteiger partial charge in [0.05, 0.1) is 7.11 Å². The molecule has 6 nitrogen and oxygen atoms in total. The Hall–Kier alpha value is -1.14. The van der Waals surface area contributed by atoms with Gasteiger partial charge in [0.2, 0.25) is 5.91 Å². The van der Waals surface area contributed by atoms with E-state index in [4.69, 9.17) is 5.73 Å². The number of nitrogens with two attached hydrogens (primary N) is 1. The van der Waals surface area contributed by atoms with Crippen molar-refractivity contribution in [3.05, 3.63) is 0 Å². The Bertz CT molecular complexity index is 409. The highest BCUT2D eigenvalue weighted by molar-refractivity contribution is 5.75. The second-order valence-corrected chi connectivity index (χ2v) is 7.90. The zero-order valence-electron chi connectivity index (χ0n) is 17.6. The summed E-state index contributed by atoms with van der Waals surface area (Å²) in [6, 6.07) is 0.397. The van der Waals surface area contributed by atoms with Crippen molar-refractivity contribution in [1.29, 1.82) is 0 Å². The number of carbonyl (C=O) groups is 2. The molecule has 0 aromatic rings. The molecule has 1 fully saturated rings. The van der Waals surface area contributed by atoms with Crippen LogP contribution in [0.15, 0.2) is 0 Å². The number of ether oxygens (including phenoxy) is 1. The summed E-state index contributed by atoms with van der Waals surface area (Å²) in [5.41, 5.74) is 5.93. The quantitative estimate of drug-likeness (QED) is 0.369. The van der Waals surface area contributed by atoms with E-state index in [1.165, 1.54) is 13.5 Å². The summed E-state index contributed by atoms with van der Waals surface area (Å²) in [7, 11) is 3.34. The van der Waals surface area contributed by atoms with Gasteiger partial charge in [0.25, 0.3) is 0 Å². The van der Waals surface area contributed by atoms with Gasteiger partial charge in [-0.2, -0.15) is 0 Å². The van der Waals surface area contributed by atoms with Gasteiger partial charge in [-0.25, -0.2) is 0 Å². The zero-order chi connectivity index (χ0) is 19.9. The summed E-state index contributed by atoms with van der Waals surface area (Å²) in [5.74, 6) is 0.144. The number of hydrogen-bond donors (Lipinski definition) is 1. The molecule has 1 aliphatic rings. The van der Waals surface area contributed by atoms with Crippen LogP contribution in [0, 0.1) is 0 Å². The maximum atomic E-state index is 12.2. The third-order valence-corrected chi connectivity index (χ3v) is 5.53. The van der Waals surface area contributed by atoms with Gasteiger partial charge >= 0.3 is 5.97 Å². The first-order chi connectivity index (χ1) is 13.0. The second-order valence-electron chi connectivity index (χ2n) is 7.90. The lowest BCUT2D eigenvalue weighted by atomic mass is 10.1. The maximum Gasteiger partial charge on any atom is 0.305 e. The van der Waals surface area contributed by atoms with Crippen molar-refractivity contribution >= 4 is 11.9 Å². The molecule has 0 radical (unpaired) electrons. The SMILES string of the molecule is COC(=O)CCCCCCCN(C)C(=O)CCCCCN1CCC(N)CC1. The van der Waals surface area contributed by atoms with E-state index >= 15 is 0 Å². The third kappa shape index (κ3) is 12.0. The Morgan fingerprint density at radius 1 is 0.963 bits per heavy atom. The minimum absolute atomic E-state index is 0.125. The fourth-order valence-corrected chi connectivity index (χ4v) is 3.53. The van der Waals surface area contributed by atoms with Crippen LogP contribution in [-0.2, 0) is 14.3 Å². The lowest BCUT2D eigenvalue weighted by Crippen LogP contribution is -2.40. The van der Waals surface area contributed by atoms with Gasteiger partial charge in [-0.05, 0) is 58.2 Å². The number of esters is 1. The molecule has 6 heteroatoms. The van der Waals surface area contributed by atoms with Crippen molar-refractivity contribution < 1.29 is 14.3 Å². The first kappa shape index (κ1) is 23.9. The average Bonchev–Trinajstić information content (AvgIpc) is 2.67. The van der Waals surface area contributed by atoms with Crippen molar-refractivity contribution in [2.75, 3.05) is 40.3 Å². The van der Waals surface area contributed by atoms with Crippen LogP contribution in [0.3, 0.4) is 0 Å². The molecule has 0 unspecified atom stereocenters. The fraction of sp³-hybridized carbons (Fsp3) is 0.905. The number of rotatable bonds is 14. The largest absolute Gasteiger partial charge is 0.469 e. The standard InChI is InChI=1S/C21H41N3O3/c1-23(15-9-5-3-4-8-12-21(26)27-2)20(25)11-7-6-10-16-24-17-13-19(22)14-18-24/h19H,3-18,22H2,1-2H3. The number of piperidine rings is 1. The molecule has 0 aromatic carbocycles. The number of amides is 1. The molecule has 1 aliphatic heterocycles. The molecule has 0 bridgehead atoms. The zero-order valence-corrected chi connectivity index (χ0v) is 17.6. The second kappa shape index (κ2) is 14.9. The van der Waals surface area contributed by atoms with Crippen LogP contribution in [-0.4, -0.2) is 68.1 Å². The highest BCUT2D eigenvalue weighted by Crippen LogP contribution is 2.11. The monoisotopic (exact) mass is 383 g/mol. The van der Waals surface area contributed by atoms with Crippen LogP contribution in [0.4, 0.5) is 0 Å². The predicted molar refractivity (Wildman–Crippen MR) is 109 cm³/mol. The smallest absolute Gasteiger partial charge is 0.305 e. The molecule has 0 saturated carbocycles. The molecule has 158 valence electrons. The van der Waals surface area contributed by atoms with Crippen LogP contribution in [0.25, 0.3) is 0 Å². The summed E-state index contributed by atoms with van der Waals surface area (Å²) in [5, 5.41) is 0. The van der Waals surface area contributed by atoms with E-state index in [0.717, 1.165) is 84.0 Å². The Morgan fingerprint density at radius 2 is 1.56 bits per heavy atom.